The fraction of sp³-hybridized carbons (Fsp3) is 0.263. The summed E-state index contributed by atoms with van der Waals surface area (Å²) in [5.41, 5.74) is 2.38. The molecule has 0 unspecified atom stereocenters. The van der Waals surface area contributed by atoms with Gasteiger partial charge in [0.1, 0.15) is 0 Å². The molecule has 0 aliphatic carbocycles. The molecule has 0 bridgehead atoms. The Hall–Kier alpha value is -2.69. The number of nitrogens with one attached hydrogen (secondary N) is 3. The van der Waals surface area contributed by atoms with Crippen LogP contribution < -0.4 is 20.9 Å². The van der Waals surface area contributed by atoms with Crippen molar-refractivity contribution < 1.29 is 27.9 Å². The Balaban J connectivity index is 0.000000423. The minimum Gasteiger partial charge on any atom is -0.475 e. The highest BCUT2D eigenvalue weighted by atomic mass is 35.5. The summed E-state index contributed by atoms with van der Waals surface area (Å²) in [5, 5.41) is 17.0. The number of amides is 2. The highest BCUT2D eigenvalue weighted by Crippen LogP contribution is 2.27. The summed E-state index contributed by atoms with van der Waals surface area (Å²) in [7, 11) is 0. The third-order valence-electron chi connectivity index (χ3n) is 4.03. The predicted octanol–water partition coefficient (Wildman–Crippen LogP) is 4.68. The minimum atomic E-state index is -5.08. The normalized spacial score (nSPS) is 13.6. The number of benzene rings is 2. The van der Waals surface area contributed by atoms with Crippen LogP contribution >= 0.6 is 23.2 Å². The van der Waals surface area contributed by atoms with Crippen LogP contribution in [0.3, 0.4) is 0 Å². The second-order valence-electron chi connectivity index (χ2n) is 6.27. The zero-order chi connectivity index (χ0) is 23.0. The molecule has 1 aliphatic rings. The lowest BCUT2D eigenvalue weighted by Crippen LogP contribution is -2.43. The van der Waals surface area contributed by atoms with Crippen LogP contribution in [0.15, 0.2) is 42.5 Å². The lowest BCUT2D eigenvalue weighted by Gasteiger charge is -2.31. The highest BCUT2D eigenvalue weighted by Gasteiger charge is 2.38. The fourth-order valence-corrected chi connectivity index (χ4v) is 2.92. The number of carboxylic acid groups (broad SMARTS) is 1. The summed E-state index contributed by atoms with van der Waals surface area (Å²) >= 11 is 11.9. The van der Waals surface area contributed by atoms with E-state index in [0.29, 0.717) is 15.7 Å². The van der Waals surface area contributed by atoms with Gasteiger partial charge >= 0.3 is 18.2 Å². The maximum atomic E-state index is 12.3. The minimum absolute atomic E-state index is 0.323. The number of anilines is 3. The molecule has 168 valence electrons. The van der Waals surface area contributed by atoms with E-state index in [1.54, 1.807) is 18.2 Å². The van der Waals surface area contributed by atoms with Crippen molar-refractivity contribution in [1.82, 2.24) is 5.32 Å². The topological polar surface area (TPSA) is 93.7 Å². The van der Waals surface area contributed by atoms with Crippen molar-refractivity contribution in [2.75, 3.05) is 41.7 Å². The number of alkyl halides is 3. The molecule has 0 saturated carbocycles. The molecule has 3 rings (SSSR count). The zero-order valence-electron chi connectivity index (χ0n) is 16.0. The van der Waals surface area contributed by atoms with E-state index in [9.17, 15) is 18.0 Å². The van der Waals surface area contributed by atoms with Crippen molar-refractivity contribution in [3.63, 3.8) is 0 Å². The number of hydrogen-bond acceptors (Lipinski definition) is 4. The molecular formula is C19H19Cl2F3N4O3. The van der Waals surface area contributed by atoms with Crippen molar-refractivity contribution in [3.8, 4) is 0 Å². The third kappa shape index (κ3) is 7.82. The first kappa shape index (κ1) is 24.6. The van der Waals surface area contributed by atoms with E-state index >= 15 is 0 Å². The maximum Gasteiger partial charge on any atom is 0.490 e. The molecule has 1 aliphatic heterocycles. The van der Waals surface area contributed by atoms with Gasteiger partial charge in [-0.1, -0.05) is 35.3 Å². The molecule has 0 radical (unpaired) electrons. The van der Waals surface area contributed by atoms with Gasteiger partial charge in [-0.25, -0.2) is 9.59 Å². The second-order valence-corrected chi connectivity index (χ2v) is 7.08. The van der Waals surface area contributed by atoms with Crippen LogP contribution in [0.2, 0.25) is 10.0 Å². The average Bonchev–Trinajstić information content (AvgIpc) is 2.71. The Morgan fingerprint density at radius 2 is 1.61 bits per heavy atom. The molecule has 1 fully saturated rings. The number of carbonyl (C=O) groups is 2. The molecule has 4 N–H and O–H groups in total. The van der Waals surface area contributed by atoms with Gasteiger partial charge in [-0.2, -0.15) is 13.2 Å². The Morgan fingerprint density at radius 3 is 2.19 bits per heavy atom. The molecule has 1 saturated heterocycles. The first-order chi connectivity index (χ1) is 14.6. The van der Waals surface area contributed by atoms with Gasteiger partial charge in [-0.3, -0.25) is 0 Å². The number of piperazine rings is 1. The van der Waals surface area contributed by atoms with E-state index in [1.165, 1.54) is 0 Å². The first-order valence-electron chi connectivity index (χ1n) is 8.96. The Labute approximate surface area is 186 Å². The van der Waals surface area contributed by atoms with Crippen LogP contribution in [0.5, 0.6) is 0 Å². The number of aliphatic carboxylic acids is 1. The summed E-state index contributed by atoms with van der Waals surface area (Å²) in [5.74, 6) is -2.76. The van der Waals surface area contributed by atoms with Gasteiger partial charge in [0.25, 0.3) is 0 Å². The second kappa shape index (κ2) is 11.1. The maximum absolute atomic E-state index is 12.3. The number of carbonyl (C=O) groups excluding carboxylic acids is 1. The number of nitrogens with zero attached hydrogens (tertiary/aromatic N) is 1. The first-order valence-corrected chi connectivity index (χ1v) is 9.71. The number of hydrogen-bond donors (Lipinski definition) is 4. The molecule has 2 amide bonds. The van der Waals surface area contributed by atoms with Crippen LogP contribution in [-0.2, 0) is 4.79 Å². The standard InChI is InChI=1S/C17H18Cl2N4O.C2HF3O2/c18-13-6-5-12(11-14(13)19)21-17(24)22-15-3-1-2-4-16(15)23-9-7-20-8-10-23;3-2(4,5)1(6)7/h1-6,11,20H,7-10H2,(H2,21,22,24);(H,6,7). The van der Waals surface area contributed by atoms with E-state index < -0.39 is 12.1 Å². The summed E-state index contributed by atoms with van der Waals surface area (Å²) < 4.78 is 31.7. The number of halogens is 5. The highest BCUT2D eigenvalue weighted by molar-refractivity contribution is 6.42. The fourth-order valence-electron chi connectivity index (χ4n) is 2.62. The van der Waals surface area contributed by atoms with Gasteiger partial charge in [0.2, 0.25) is 0 Å². The van der Waals surface area contributed by atoms with Crippen molar-refractivity contribution >= 4 is 52.3 Å². The molecule has 0 aromatic heterocycles. The zero-order valence-corrected chi connectivity index (χ0v) is 17.5. The molecule has 0 spiro atoms. The molecule has 7 nitrogen and oxygen atoms in total. The number of urea groups is 1. The molecule has 1 heterocycles. The Kier molecular flexibility index (Phi) is 8.78. The molecule has 2 aromatic rings. The SMILES string of the molecule is O=C(Nc1ccc(Cl)c(Cl)c1)Nc1ccccc1N1CCNCC1.O=C(O)C(F)(F)F. The smallest absolute Gasteiger partial charge is 0.475 e. The van der Waals surface area contributed by atoms with Crippen LogP contribution in [0.25, 0.3) is 0 Å². The monoisotopic (exact) mass is 478 g/mol. The summed E-state index contributed by atoms with van der Waals surface area (Å²) in [6.07, 6.45) is -5.08. The van der Waals surface area contributed by atoms with Gasteiger partial charge in [-0.15, -0.1) is 0 Å². The Morgan fingerprint density at radius 1 is 1.00 bits per heavy atom. The van der Waals surface area contributed by atoms with Crippen molar-refractivity contribution in [2.45, 2.75) is 6.18 Å². The van der Waals surface area contributed by atoms with Gasteiger partial charge < -0.3 is 26.0 Å². The van der Waals surface area contributed by atoms with Crippen LogP contribution in [-0.4, -0.2) is 49.5 Å². The van der Waals surface area contributed by atoms with Crippen molar-refractivity contribution in [1.29, 1.82) is 0 Å². The van der Waals surface area contributed by atoms with Gasteiger partial charge in [-0.05, 0) is 30.3 Å². The number of carboxylic acids is 1. The van der Waals surface area contributed by atoms with Gasteiger partial charge in [0.05, 0.1) is 21.4 Å². The van der Waals surface area contributed by atoms with Crippen LogP contribution in [0, 0.1) is 0 Å². The molecule has 12 heteroatoms. The van der Waals surface area contributed by atoms with E-state index in [2.05, 4.69) is 20.9 Å². The lowest BCUT2D eigenvalue weighted by molar-refractivity contribution is -0.192. The molecule has 0 atom stereocenters. The lowest BCUT2D eigenvalue weighted by atomic mass is 10.2. The van der Waals surface area contributed by atoms with E-state index in [0.717, 1.165) is 37.6 Å². The molecule has 2 aromatic carbocycles. The summed E-state index contributed by atoms with van der Waals surface area (Å²) in [6.45, 7) is 3.69. The van der Waals surface area contributed by atoms with Gasteiger partial charge in [0.15, 0.2) is 0 Å². The average molecular weight is 479 g/mol. The molecular weight excluding hydrogens is 460 g/mol. The molecule has 31 heavy (non-hydrogen) atoms. The number of para-hydroxylation sites is 2. The van der Waals surface area contributed by atoms with E-state index in [4.69, 9.17) is 33.1 Å². The largest absolute Gasteiger partial charge is 0.490 e. The number of rotatable bonds is 3. The third-order valence-corrected chi connectivity index (χ3v) is 4.77. The van der Waals surface area contributed by atoms with E-state index in [1.807, 2.05) is 24.3 Å². The summed E-state index contributed by atoms with van der Waals surface area (Å²) in [6, 6.07) is 12.4. The predicted molar refractivity (Wildman–Crippen MR) is 114 cm³/mol. The van der Waals surface area contributed by atoms with E-state index in [-0.39, 0.29) is 6.03 Å². The van der Waals surface area contributed by atoms with Crippen LogP contribution in [0.4, 0.5) is 35.0 Å². The van der Waals surface area contributed by atoms with Crippen molar-refractivity contribution in [2.24, 2.45) is 0 Å². The quantitative estimate of drug-likeness (QED) is 0.513. The van der Waals surface area contributed by atoms with Gasteiger partial charge in [0, 0.05) is 31.9 Å². The summed E-state index contributed by atoms with van der Waals surface area (Å²) in [4.78, 5) is 23.4. The Bertz CT molecular complexity index is 923. The van der Waals surface area contributed by atoms with Crippen LogP contribution in [0.1, 0.15) is 0 Å². The van der Waals surface area contributed by atoms with Crippen molar-refractivity contribution in [3.05, 3.63) is 52.5 Å².